The van der Waals surface area contributed by atoms with Crippen molar-refractivity contribution >= 4 is 30.6 Å². The fourth-order valence-corrected chi connectivity index (χ4v) is 9.50. The maximum absolute atomic E-state index is 12.2. The number of nitro groups is 1. The maximum atomic E-state index is 12.2. The molecule has 0 fully saturated rings. The van der Waals surface area contributed by atoms with Crippen molar-refractivity contribution in [1.29, 1.82) is 0 Å². The van der Waals surface area contributed by atoms with Gasteiger partial charge in [0.15, 0.2) is 0 Å². The Morgan fingerprint density at radius 2 is 1.50 bits per heavy atom. The lowest BCUT2D eigenvalue weighted by molar-refractivity contribution is -0.384. The lowest BCUT2D eigenvalue weighted by atomic mass is 10.2. The average Bonchev–Trinajstić information content (AvgIpc) is 2.50. The Kier molecular flexibility index (Phi) is 7.24. The summed E-state index contributed by atoms with van der Waals surface area (Å²) in [5.74, 6) is 0. The van der Waals surface area contributed by atoms with Crippen LogP contribution in [0.1, 0.15) is 51.9 Å². The lowest BCUT2D eigenvalue weighted by Crippen LogP contribution is -2.43. The molecule has 0 saturated carbocycles. The highest BCUT2D eigenvalue weighted by Gasteiger charge is 2.41. The van der Waals surface area contributed by atoms with E-state index in [-0.39, 0.29) is 10.8 Å². The molecule has 130 valence electrons. The second-order valence-corrected chi connectivity index (χ2v) is 13.2. The molecule has 1 aromatic rings. The fourth-order valence-electron chi connectivity index (χ4n) is 3.37. The average molecular weight is 364 g/mol. The Morgan fingerprint density at radius 3 is 1.88 bits per heavy atom. The van der Waals surface area contributed by atoms with Gasteiger partial charge in [-0.25, -0.2) is 0 Å². The van der Waals surface area contributed by atoms with E-state index in [1.165, 1.54) is 24.3 Å². The molecule has 0 aliphatic rings. The van der Waals surface area contributed by atoms with Crippen LogP contribution in [0.5, 0.6) is 0 Å². The Labute approximate surface area is 149 Å². The van der Waals surface area contributed by atoms with Gasteiger partial charge in [0, 0.05) is 29.5 Å². The molecule has 1 aromatic carbocycles. The zero-order valence-electron chi connectivity index (χ0n) is 15.1. The van der Waals surface area contributed by atoms with Crippen molar-refractivity contribution in [2.24, 2.45) is 0 Å². The van der Waals surface area contributed by atoms with Gasteiger partial charge in [0.1, 0.15) is 8.07 Å². The van der Waals surface area contributed by atoms with E-state index >= 15 is 0 Å². The van der Waals surface area contributed by atoms with Crippen molar-refractivity contribution in [3.63, 3.8) is 0 Å². The number of nitrogens with zero attached hydrogens (tertiary/aromatic N) is 1. The van der Waals surface area contributed by atoms with E-state index < -0.39 is 13.0 Å². The minimum atomic E-state index is -1.84. The zero-order chi connectivity index (χ0) is 18.5. The molecule has 0 heterocycles. The molecule has 0 aliphatic carbocycles. The number of rotatable bonds is 5. The molecule has 0 aliphatic heterocycles. The van der Waals surface area contributed by atoms with E-state index in [4.69, 9.17) is 0 Å². The highest BCUT2D eigenvalue weighted by atomic mass is 32.2. The van der Waals surface area contributed by atoms with E-state index in [2.05, 4.69) is 52.3 Å². The predicted octanol–water partition coefficient (Wildman–Crippen LogP) is 5.65. The van der Waals surface area contributed by atoms with Crippen LogP contribution < -0.4 is 0 Å². The van der Waals surface area contributed by atoms with Crippen molar-refractivity contribution in [3.8, 4) is 10.8 Å². The van der Waals surface area contributed by atoms with Gasteiger partial charge in [-0.05, 0) is 34.0 Å². The number of hydrogen-bond acceptors (Lipinski definition) is 4. The van der Waals surface area contributed by atoms with Gasteiger partial charge in [0.05, 0.1) is 4.92 Å². The van der Waals surface area contributed by atoms with Gasteiger partial charge >= 0.3 is 0 Å². The molecule has 6 heteroatoms. The van der Waals surface area contributed by atoms with Gasteiger partial charge in [-0.15, -0.1) is 5.54 Å². The number of carbonyl (C=O) groups is 1. The summed E-state index contributed by atoms with van der Waals surface area (Å²) in [6.45, 7) is 13.4. The molecule has 1 rings (SSSR count). The normalized spacial score (nSPS) is 11.5. The van der Waals surface area contributed by atoms with Crippen LogP contribution in [0.15, 0.2) is 24.3 Å². The zero-order valence-corrected chi connectivity index (χ0v) is 16.9. The maximum Gasteiger partial charge on any atom is 0.269 e. The Bertz CT molecular complexity index is 635. The van der Waals surface area contributed by atoms with E-state index in [0.717, 1.165) is 11.8 Å². The van der Waals surface area contributed by atoms with Crippen LogP contribution in [0.4, 0.5) is 5.69 Å². The Hall–Kier alpha value is -1.58. The van der Waals surface area contributed by atoms with E-state index in [1.807, 2.05) is 0 Å². The molecule has 0 saturated heterocycles. The second-order valence-electron chi connectivity index (χ2n) is 6.82. The Morgan fingerprint density at radius 1 is 1.04 bits per heavy atom. The minimum absolute atomic E-state index is 0.0199. The molecule has 0 N–H and O–H groups in total. The first-order valence-electron chi connectivity index (χ1n) is 8.10. The van der Waals surface area contributed by atoms with Crippen LogP contribution >= 0.6 is 11.8 Å². The quantitative estimate of drug-likeness (QED) is 0.294. The smallest absolute Gasteiger partial charge is 0.269 e. The standard InChI is InChI=1S/C18H25NO3SSi/c1-13(2)24(14(3)4,15(5)6)12-11-23-18(20)16-7-9-17(10-8-16)19(21)22/h7-10,13-15H,1-6H3. The van der Waals surface area contributed by atoms with Gasteiger partial charge < -0.3 is 0 Å². The number of hydrogen-bond donors (Lipinski definition) is 0. The van der Waals surface area contributed by atoms with Crippen LogP contribution in [0, 0.1) is 20.9 Å². The number of carbonyl (C=O) groups excluding carboxylic acids is 1. The largest absolute Gasteiger partial charge is 0.281 e. The van der Waals surface area contributed by atoms with Gasteiger partial charge in [0.25, 0.3) is 5.69 Å². The van der Waals surface area contributed by atoms with Crippen molar-refractivity contribution < 1.29 is 9.72 Å². The molecule has 24 heavy (non-hydrogen) atoms. The third-order valence-corrected chi connectivity index (χ3v) is 11.7. The van der Waals surface area contributed by atoms with E-state index in [1.54, 1.807) is 0 Å². The van der Waals surface area contributed by atoms with Crippen molar-refractivity contribution in [2.45, 2.75) is 58.2 Å². The molecule has 0 amide bonds. The topological polar surface area (TPSA) is 60.2 Å². The third-order valence-electron chi connectivity index (χ3n) is 4.59. The molecule has 4 nitrogen and oxygen atoms in total. The molecule has 0 unspecified atom stereocenters. The highest BCUT2D eigenvalue weighted by Crippen LogP contribution is 2.40. The molecule has 0 bridgehead atoms. The summed E-state index contributed by atoms with van der Waals surface area (Å²) < 4.78 is 0. The van der Waals surface area contributed by atoms with Crippen LogP contribution in [-0.4, -0.2) is 18.1 Å². The molecular formula is C18H25NO3SSi. The fraction of sp³-hybridized carbons (Fsp3) is 0.500. The van der Waals surface area contributed by atoms with Crippen LogP contribution in [0.25, 0.3) is 0 Å². The van der Waals surface area contributed by atoms with E-state index in [0.29, 0.717) is 22.2 Å². The first-order chi connectivity index (χ1) is 11.1. The van der Waals surface area contributed by atoms with Crippen LogP contribution in [0.3, 0.4) is 0 Å². The Balaban J connectivity index is 2.96. The van der Waals surface area contributed by atoms with Gasteiger partial charge in [-0.3, -0.25) is 14.9 Å². The monoisotopic (exact) mass is 363 g/mol. The summed E-state index contributed by atoms with van der Waals surface area (Å²) in [5.41, 5.74) is 5.44. The SMILES string of the molecule is CC(C)[Si](C#CSC(=O)c1ccc([N+](=O)[O-])cc1)(C(C)C)C(C)C. The highest BCUT2D eigenvalue weighted by molar-refractivity contribution is 8.18. The van der Waals surface area contributed by atoms with Crippen molar-refractivity contribution in [2.75, 3.05) is 0 Å². The summed E-state index contributed by atoms with van der Waals surface area (Å²) in [6.07, 6.45) is 0. The number of benzene rings is 1. The minimum Gasteiger partial charge on any atom is -0.281 e. The number of thioether (sulfide) groups is 1. The molecular weight excluding hydrogens is 338 g/mol. The summed E-state index contributed by atoms with van der Waals surface area (Å²) >= 11 is 0.988. The summed E-state index contributed by atoms with van der Waals surface area (Å²) in [5, 5.41) is 13.5. The molecule has 0 spiro atoms. The second kappa shape index (κ2) is 8.50. The van der Waals surface area contributed by atoms with Crippen molar-refractivity contribution in [3.05, 3.63) is 39.9 Å². The summed E-state index contributed by atoms with van der Waals surface area (Å²) in [7, 11) is -1.84. The summed E-state index contributed by atoms with van der Waals surface area (Å²) in [6, 6.07) is 5.65. The van der Waals surface area contributed by atoms with Gasteiger partial charge in [-0.1, -0.05) is 41.5 Å². The first-order valence-corrected chi connectivity index (χ1v) is 11.2. The van der Waals surface area contributed by atoms with E-state index in [9.17, 15) is 14.9 Å². The predicted molar refractivity (Wildman–Crippen MR) is 104 cm³/mol. The first kappa shape index (κ1) is 20.5. The number of nitro benzene ring substituents is 1. The molecule has 0 aromatic heterocycles. The van der Waals surface area contributed by atoms with Crippen LogP contribution in [0.2, 0.25) is 16.6 Å². The molecule has 0 atom stereocenters. The van der Waals surface area contributed by atoms with Gasteiger partial charge in [0.2, 0.25) is 5.12 Å². The van der Waals surface area contributed by atoms with Crippen LogP contribution in [-0.2, 0) is 0 Å². The number of non-ortho nitro benzene ring substituents is 1. The van der Waals surface area contributed by atoms with Gasteiger partial charge in [-0.2, -0.15) is 0 Å². The van der Waals surface area contributed by atoms with Crippen molar-refractivity contribution in [1.82, 2.24) is 0 Å². The third kappa shape index (κ3) is 4.49. The molecule has 0 radical (unpaired) electrons. The lowest BCUT2D eigenvalue weighted by Gasteiger charge is -2.37. The summed E-state index contributed by atoms with van der Waals surface area (Å²) in [4.78, 5) is 22.4.